The highest BCUT2D eigenvalue weighted by Gasteiger charge is 2.67. The third-order valence-corrected chi connectivity index (χ3v) is 7.22. The number of nitrogens with zero attached hydrogens (tertiary/aromatic N) is 2. The van der Waals surface area contributed by atoms with Crippen molar-refractivity contribution in [1.82, 2.24) is 9.59 Å². The summed E-state index contributed by atoms with van der Waals surface area (Å²) in [6.07, 6.45) is 1.64. The van der Waals surface area contributed by atoms with Gasteiger partial charge in [0.2, 0.25) is 5.91 Å². The maximum absolute atomic E-state index is 12.9. The van der Waals surface area contributed by atoms with E-state index in [1.165, 1.54) is 12.3 Å². The van der Waals surface area contributed by atoms with E-state index in [1.54, 1.807) is 30.3 Å². The molecule has 3 aromatic rings. The number of carbonyl (C=O) groups excluding carboxylic acids is 2. The van der Waals surface area contributed by atoms with E-state index < -0.39 is 22.1 Å². The summed E-state index contributed by atoms with van der Waals surface area (Å²) in [4.78, 5) is 26.2. The molecule has 1 N–H and O–H groups in total. The number of Topliss-reactive ketones (excluding diaryl/α,β-unsaturated/α-hetero) is 1. The summed E-state index contributed by atoms with van der Waals surface area (Å²) in [6.45, 7) is 0. The van der Waals surface area contributed by atoms with E-state index in [0.29, 0.717) is 26.2 Å². The number of ketones is 1. The maximum atomic E-state index is 12.9. The zero-order valence-electron chi connectivity index (χ0n) is 15.4. The maximum Gasteiger partial charge on any atom is 0.231 e. The number of rotatable bonds is 6. The van der Waals surface area contributed by atoms with Crippen LogP contribution in [0.3, 0.4) is 0 Å². The molecule has 11 heteroatoms. The third-order valence-electron chi connectivity index (χ3n) is 4.86. The average molecular weight is 536 g/mol. The predicted octanol–water partition coefficient (Wildman–Crippen LogP) is 6.45. The highest BCUT2D eigenvalue weighted by atomic mass is 35.5. The summed E-state index contributed by atoms with van der Waals surface area (Å²) in [5.41, 5.74) is 1.36. The van der Waals surface area contributed by atoms with E-state index in [-0.39, 0.29) is 22.8 Å². The van der Waals surface area contributed by atoms with Gasteiger partial charge in [0, 0.05) is 33.6 Å². The van der Waals surface area contributed by atoms with Gasteiger partial charge >= 0.3 is 0 Å². The number of anilines is 1. The molecule has 2 atom stereocenters. The van der Waals surface area contributed by atoms with Gasteiger partial charge in [-0.2, -0.15) is 0 Å². The normalized spacial score (nSPS) is 19.1. The van der Waals surface area contributed by atoms with Crippen molar-refractivity contribution >= 4 is 86.9 Å². The Kier molecular flexibility index (Phi) is 6.50. The molecule has 160 valence electrons. The Morgan fingerprint density at radius 3 is 2.42 bits per heavy atom. The average Bonchev–Trinajstić information content (AvgIpc) is 2.99. The molecule has 0 spiro atoms. The largest absolute Gasteiger partial charge is 0.326 e. The first-order valence-electron chi connectivity index (χ1n) is 8.90. The molecule has 1 aromatic heterocycles. The van der Waals surface area contributed by atoms with E-state index in [2.05, 4.69) is 14.9 Å². The second kappa shape index (κ2) is 8.85. The van der Waals surface area contributed by atoms with Crippen molar-refractivity contribution in [3.63, 3.8) is 0 Å². The number of nitrogens with one attached hydrogen (secondary N) is 1. The van der Waals surface area contributed by atoms with E-state index >= 15 is 0 Å². The van der Waals surface area contributed by atoms with Crippen molar-refractivity contribution in [1.29, 1.82) is 0 Å². The topological polar surface area (TPSA) is 72.0 Å². The van der Waals surface area contributed by atoms with Crippen LogP contribution in [0, 0.1) is 5.92 Å². The van der Waals surface area contributed by atoms with Crippen LogP contribution >= 0.6 is 69.5 Å². The fourth-order valence-electron chi connectivity index (χ4n) is 3.38. The van der Waals surface area contributed by atoms with Gasteiger partial charge in [-0.1, -0.05) is 39.3 Å². The van der Waals surface area contributed by atoms with Crippen LogP contribution < -0.4 is 5.32 Å². The van der Waals surface area contributed by atoms with Gasteiger partial charge in [0.15, 0.2) is 5.78 Å². The number of aromatic nitrogens is 2. The Hall–Kier alpha value is -1.41. The second-order valence-electron chi connectivity index (χ2n) is 7.00. The Balaban J connectivity index is 1.51. The summed E-state index contributed by atoms with van der Waals surface area (Å²) in [5.74, 6) is -1.80. The smallest absolute Gasteiger partial charge is 0.231 e. The molecule has 0 radical (unpaired) electrons. The van der Waals surface area contributed by atoms with Crippen LogP contribution in [0.1, 0.15) is 26.7 Å². The molecule has 1 fully saturated rings. The quantitative estimate of drug-likeness (QED) is 0.291. The number of benzene rings is 2. The van der Waals surface area contributed by atoms with Gasteiger partial charge in [0.05, 0.1) is 22.0 Å². The van der Waals surface area contributed by atoms with Crippen LogP contribution in [-0.2, 0) is 11.2 Å². The highest BCUT2D eigenvalue weighted by Crippen LogP contribution is 2.65. The number of halogens is 5. The summed E-state index contributed by atoms with van der Waals surface area (Å²) >= 11 is 32.2. The van der Waals surface area contributed by atoms with Gasteiger partial charge in [-0.05, 0) is 53.5 Å². The van der Waals surface area contributed by atoms with Crippen LogP contribution in [0.5, 0.6) is 0 Å². The van der Waals surface area contributed by atoms with Gasteiger partial charge in [-0.3, -0.25) is 9.59 Å². The molecule has 31 heavy (non-hydrogen) atoms. The molecule has 1 aliphatic carbocycles. The molecular formula is C20H12Cl5N3O2S. The number of hydrogen-bond acceptors (Lipinski definition) is 5. The standard InChI is InChI=1S/C20H12Cl5N3O2S/c21-10-3-9(4-11(22)5-10)17-18(20(17,24)25)19(30)27-12-1-2-15(23)14(6-12)16(29)7-13-8-26-28-31-13/h1-6,8,17-18H,7H2,(H,27,30). The van der Waals surface area contributed by atoms with Crippen LogP contribution in [-0.4, -0.2) is 25.6 Å². The fraction of sp³-hybridized carbons (Fsp3) is 0.200. The van der Waals surface area contributed by atoms with Crippen molar-refractivity contribution in [2.45, 2.75) is 16.7 Å². The van der Waals surface area contributed by atoms with Crippen molar-refractivity contribution in [3.05, 3.63) is 73.7 Å². The van der Waals surface area contributed by atoms with Crippen molar-refractivity contribution in [2.24, 2.45) is 5.92 Å². The molecule has 1 heterocycles. The van der Waals surface area contributed by atoms with Gasteiger partial charge in [-0.25, -0.2) is 0 Å². The second-order valence-corrected chi connectivity index (χ2v) is 10.6. The van der Waals surface area contributed by atoms with E-state index in [0.717, 1.165) is 11.5 Å². The van der Waals surface area contributed by atoms with Crippen LogP contribution in [0.2, 0.25) is 15.1 Å². The number of hydrogen-bond donors (Lipinski definition) is 1. The first kappa shape index (κ1) is 22.8. The minimum Gasteiger partial charge on any atom is -0.326 e. The van der Waals surface area contributed by atoms with E-state index in [4.69, 9.17) is 58.0 Å². The minimum atomic E-state index is -1.30. The van der Waals surface area contributed by atoms with Crippen LogP contribution in [0.25, 0.3) is 0 Å². The van der Waals surface area contributed by atoms with Gasteiger partial charge in [0.1, 0.15) is 4.33 Å². The lowest BCUT2D eigenvalue weighted by Crippen LogP contribution is -2.17. The van der Waals surface area contributed by atoms with E-state index in [1.807, 2.05) is 0 Å². The monoisotopic (exact) mass is 533 g/mol. The van der Waals surface area contributed by atoms with Gasteiger partial charge in [0.25, 0.3) is 0 Å². The molecule has 0 aliphatic heterocycles. The minimum absolute atomic E-state index is 0.113. The number of carbonyl (C=O) groups is 2. The number of amides is 1. The zero-order valence-corrected chi connectivity index (χ0v) is 20.0. The first-order chi connectivity index (χ1) is 14.7. The third kappa shape index (κ3) is 4.85. The molecule has 1 saturated carbocycles. The lowest BCUT2D eigenvalue weighted by molar-refractivity contribution is -0.117. The lowest BCUT2D eigenvalue weighted by Gasteiger charge is -2.09. The van der Waals surface area contributed by atoms with Crippen molar-refractivity contribution in [2.75, 3.05) is 5.32 Å². The highest BCUT2D eigenvalue weighted by molar-refractivity contribution is 7.05. The summed E-state index contributed by atoms with van der Waals surface area (Å²) in [5, 5.41) is 7.61. The summed E-state index contributed by atoms with van der Waals surface area (Å²) in [7, 11) is 0. The fourth-order valence-corrected chi connectivity index (χ4v) is 5.46. The lowest BCUT2D eigenvalue weighted by atomic mass is 10.1. The molecule has 1 amide bonds. The van der Waals surface area contributed by atoms with Crippen molar-refractivity contribution in [3.8, 4) is 0 Å². The molecule has 1 aliphatic rings. The molecular weight excluding hydrogens is 524 g/mol. The number of alkyl halides is 2. The molecule has 4 rings (SSSR count). The molecule has 0 saturated heterocycles. The zero-order chi connectivity index (χ0) is 22.3. The van der Waals surface area contributed by atoms with Gasteiger partial charge < -0.3 is 5.32 Å². The van der Waals surface area contributed by atoms with Crippen LogP contribution in [0.15, 0.2) is 42.6 Å². The Labute approximate surface area is 206 Å². The summed E-state index contributed by atoms with van der Waals surface area (Å²) in [6, 6.07) is 9.61. The van der Waals surface area contributed by atoms with Crippen molar-refractivity contribution < 1.29 is 9.59 Å². The first-order valence-corrected chi connectivity index (χ1v) is 11.6. The van der Waals surface area contributed by atoms with Crippen LogP contribution in [0.4, 0.5) is 5.69 Å². The Bertz CT molecular complexity index is 1150. The van der Waals surface area contributed by atoms with E-state index in [9.17, 15) is 9.59 Å². The molecule has 0 bridgehead atoms. The molecule has 2 unspecified atom stereocenters. The molecule has 2 aromatic carbocycles. The summed E-state index contributed by atoms with van der Waals surface area (Å²) < 4.78 is 2.44. The SMILES string of the molecule is O=C(Cc1cnns1)c1cc(NC(=O)C2C(c3cc(Cl)cc(Cl)c3)C2(Cl)Cl)ccc1Cl. The Morgan fingerprint density at radius 1 is 1.06 bits per heavy atom. The molecule has 5 nitrogen and oxygen atoms in total. The van der Waals surface area contributed by atoms with Gasteiger partial charge in [-0.15, -0.1) is 28.3 Å². The predicted molar refractivity (Wildman–Crippen MR) is 125 cm³/mol. The Morgan fingerprint density at radius 2 is 1.77 bits per heavy atom.